The molecule has 236 valence electrons. The minimum absolute atomic E-state index is 0.131. The van der Waals surface area contributed by atoms with Crippen molar-refractivity contribution in [3.8, 4) is 11.1 Å². The number of rotatable bonds is 11. The first-order valence-corrected chi connectivity index (χ1v) is 15.9. The second-order valence-electron chi connectivity index (χ2n) is 11.9. The largest absolute Gasteiger partial charge is 0.446 e. The molecule has 3 heterocycles. The molecule has 46 heavy (non-hydrogen) atoms. The van der Waals surface area contributed by atoms with E-state index in [1.807, 2.05) is 79.8 Å². The fraction of sp³-hybridized carbons (Fsp3) is 0.297. The average Bonchev–Trinajstić information content (AvgIpc) is 3.31. The Morgan fingerprint density at radius 2 is 1.46 bits per heavy atom. The number of likely N-dealkylation sites (tertiary alicyclic amines) is 1. The third-order valence-corrected chi connectivity index (χ3v) is 8.54. The normalized spacial score (nSPS) is 15.3. The lowest BCUT2D eigenvalue weighted by atomic mass is 10.0. The van der Waals surface area contributed by atoms with Gasteiger partial charge in [0, 0.05) is 38.3 Å². The fourth-order valence-electron chi connectivity index (χ4n) is 6.17. The fourth-order valence-corrected chi connectivity index (χ4v) is 6.17. The summed E-state index contributed by atoms with van der Waals surface area (Å²) in [6, 6.07) is 30.8. The Labute approximate surface area is 269 Å². The Hall–Kier alpha value is -4.86. The molecule has 9 nitrogen and oxygen atoms in total. The van der Waals surface area contributed by atoms with E-state index in [1.165, 1.54) is 4.90 Å². The Balaban J connectivity index is 0.926. The predicted molar refractivity (Wildman–Crippen MR) is 177 cm³/mol. The van der Waals surface area contributed by atoms with Crippen molar-refractivity contribution < 1.29 is 19.1 Å². The molecule has 1 N–H and O–H groups in total. The first kappa shape index (κ1) is 31.1. The molecule has 9 heteroatoms. The quantitative estimate of drug-likeness (QED) is 0.204. The summed E-state index contributed by atoms with van der Waals surface area (Å²) in [5.41, 5.74) is 5.69. The Bertz CT molecular complexity index is 1650. The molecule has 3 aromatic carbocycles. The third kappa shape index (κ3) is 7.50. The second-order valence-corrected chi connectivity index (χ2v) is 11.9. The van der Waals surface area contributed by atoms with Crippen LogP contribution in [-0.4, -0.2) is 76.9 Å². The summed E-state index contributed by atoms with van der Waals surface area (Å²) in [6.45, 7) is 4.18. The van der Waals surface area contributed by atoms with Gasteiger partial charge in [0.05, 0.1) is 28.2 Å². The van der Waals surface area contributed by atoms with Crippen LogP contribution in [0.3, 0.4) is 0 Å². The van der Waals surface area contributed by atoms with E-state index in [0.717, 1.165) is 67.2 Å². The van der Waals surface area contributed by atoms with Crippen LogP contribution >= 0.6 is 0 Å². The number of benzene rings is 3. The molecular formula is C37H39N5O4. The van der Waals surface area contributed by atoms with Crippen LogP contribution in [0.25, 0.3) is 11.1 Å². The number of ether oxygens (including phenoxy) is 1. The molecule has 1 fully saturated rings. The van der Waals surface area contributed by atoms with Crippen LogP contribution in [0, 0.1) is 0 Å². The van der Waals surface area contributed by atoms with Crippen LogP contribution in [0.4, 0.5) is 10.5 Å². The number of nitrogens with one attached hydrogen (secondary N) is 1. The number of carbonyl (C=O) groups is 3. The number of pyridine rings is 1. The molecule has 4 aromatic rings. The SMILES string of the molecule is CN(CCCN1C(=O)c2ccccc2C1=O)Cc1cccc(CN2CCC(OC(=O)Nc3ccccc3-c3ccccc3)CC2)n1. The highest BCUT2D eigenvalue weighted by Gasteiger charge is 2.34. The zero-order chi connectivity index (χ0) is 31.9. The first-order valence-electron chi connectivity index (χ1n) is 15.9. The molecule has 1 aromatic heterocycles. The van der Waals surface area contributed by atoms with Crippen LogP contribution in [0.1, 0.15) is 51.4 Å². The van der Waals surface area contributed by atoms with Crippen molar-refractivity contribution in [2.45, 2.75) is 38.5 Å². The summed E-state index contributed by atoms with van der Waals surface area (Å²) in [7, 11) is 2.03. The number of fused-ring (bicyclic) bond motifs is 1. The zero-order valence-corrected chi connectivity index (χ0v) is 26.1. The highest BCUT2D eigenvalue weighted by Crippen LogP contribution is 2.28. The van der Waals surface area contributed by atoms with Crippen LogP contribution in [0.2, 0.25) is 0 Å². The lowest BCUT2D eigenvalue weighted by Crippen LogP contribution is -2.38. The van der Waals surface area contributed by atoms with Crippen molar-refractivity contribution in [3.05, 3.63) is 120 Å². The van der Waals surface area contributed by atoms with Gasteiger partial charge in [-0.15, -0.1) is 0 Å². The van der Waals surface area contributed by atoms with Gasteiger partial charge in [0.25, 0.3) is 11.8 Å². The zero-order valence-electron chi connectivity index (χ0n) is 26.1. The van der Waals surface area contributed by atoms with Gasteiger partial charge in [0.15, 0.2) is 0 Å². The Morgan fingerprint density at radius 3 is 2.17 bits per heavy atom. The van der Waals surface area contributed by atoms with Gasteiger partial charge in [0.1, 0.15) is 6.10 Å². The van der Waals surface area contributed by atoms with Gasteiger partial charge < -0.3 is 9.64 Å². The number of carbonyl (C=O) groups excluding carboxylic acids is 3. The molecule has 6 rings (SSSR count). The van der Waals surface area contributed by atoms with Gasteiger partial charge in [-0.25, -0.2) is 4.79 Å². The lowest BCUT2D eigenvalue weighted by Gasteiger charge is -2.31. The Kier molecular flexibility index (Phi) is 9.81. The summed E-state index contributed by atoms with van der Waals surface area (Å²) in [6.07, 6.45) is 1.67. The molecule has 0 aliphatic carbocycles. The molecule has 0 saturated carbocycles. The molecule has 0 atom stereocenters. The van der Waals surface area contributed by atoms with Gasteiger partial charge in [-0.2, -0.15) is 0 Å². The summed E-state index contributed by atoms with van der Waals surface area (Å²) >= 11 is 0. The average molecular weight is 618 g/mol. The van der Waals surface area contributed by atoms with Gasteiger partial charge in [-0.3, -0.25) is 29.7 Å². The van der Waals surface area contributed by atoms with Crippen molar-refractivity contribution >= 4 is 23.6 Å². The molecule has 3 amide bonds. The second kappa shape index (κ2) is 14.5. The molecule has 1 saturated heterocycles. The maximum Gasteiger partial charge on any atom is 0.411 e. The van der Waals surface area contributed by atoms with E-state index >= 15 is 0 Å². The predicted octanol–water partition coefficient (Wildman–Crippen LogP) is 6.08. The third-order valence-electron chi connectivity index (χ3n) is 8.54. The molecule has 0 spiro atoms. The minimum Gasteiger partial charge on any atom is -0.446 e. The number of aromatic nitrogens is 1. The van der Waals surface area contributed by atoms with Crippen LogP contribution < -0.4 is 5.32 Å². The summed E-state index contributed by atoms with van der Waals surface area (Å²) < 4.78 is 5.80. The van der Waals surface area contributed by atoms with Crippen molar-refractivity contribution in [2.75, 3.05) is 38.5 Å². The van der Waals surface area contributed by atoms with Crippen molar-refractivity contribution in [1.29, 1.82) is 0 Å². The lowest BCUT2D eigenvalue weighted by molar-refractivity contribution is 0.0562. The molecule has 2 aliphatic rings. The highest BCUT2D eigenvalue weighted by molar-refractivity contribution is 6.21. The minimum atomic E-state index is -0.427. The summed E-state index contributed by atoms with van der Waals surface area (Å²) in [5, 5.41) is 2.94. The van der Waals surface area contributed by atoms with Crippen molar-refractivity contribution in [2.24, 2.45) is 0 Å². The van der Waals surface area contributed by atoms with E-state index in [4.69, 9.17) is 9.72 Å². The molecular weight excluding hydrogens is 578 g/mol. The van der Waals surface area contributed by atoms with Gasteiger partial charge >= 0.3 is 6.09 Å². The number of hydrogen-bond acceptors (Lipinski definition) is 7. The molecule has 0 unspecified atom stereocenters. The number of anilines is 1. The standard InChI is InChI=1S/C37H39N5O4/c1-40(21-10-22-42-35(43)32-16-5-6-17-33(32)36(42)44)25-28-13-9-14-29(38-28)26-41-23-19-30(20-24-41)46-37(45)39-34-18-8-7-15-31(34)27-11-3-2-4-12-27/h2-9,11-18,30H,10,19-26H2,1H3,(H,39,45). The van der Waals surface area contributed by atoms with Gasteiger partial charge in [0.2, 0.25) is 0 Å². The van der Waals surface area contributed by atoms with Crippen LogP contribution in [0.5, 0.6) is 0 Å². The van der Waals surface area contributed by atoms with E-state index in [9.17, 15) is 14.4 Å². The number of hydrogen-bond donors (Lipinski definition) is 1. The van der Waals surface area contributed by atoms with Crippen molar-refractivity contribution in [1.82, 2.24) is 19.7 Å². The van der Waals surface area contributed by atoms with E-state index in [1.54, 1.807) is 24.3 Å². The first-order chi connectivity index (χ1) is 22.4. The summed E-state index contributed by atoms with van der Waals surface area (Å²) in [4.78, 5) is 48.8. The van der Waals surface area contributed by atoms with Crippen LogP contribution in [-0.2, 0) is 17.8 Å². The number of nitrogens with zero attached hydrogens (tertiary/aromatic N) is 4. The Morgan fingerprint density at radius 1 is 0.826 bits per heavy atom. The van der Waals surface area contributed by atoms with Crippen molar-refractivity contribution in [3.63, 3.8) is 0 Å². The highest BCUT2D eigenvalue weighted by atomic mass is 16.6. The maximum absolute atomic E-state index is 12.8. The number of para-hydroxylation sites is 1. The molecule has 0 radical (unpaired) electrons. The number of amides is 3. The number of imide groups is 1. The van der Waals surface area contributed by atoms with E-state index in [2.05, 4.69) is 15.1 Å². The number of piperidine rings is 1. The van der Waals surface area contributed by atoms with E-state index in [0.29, 0.717) is 30.6 Å². The van der Waals surface area contributed by atoms with E-state index < -0.39 is 6.09 Å². The molecule has 2 aliphatic heterocycles. The maximum atomic E-state index is 12.8. The topological polar surface area (TPSA) is 95.1 Å². The smallest absolute Gasteiger partial charge is 0.411 e. The monoisotopic (exact) mass is 617 g/mol. The van der Waals surface area contributed by atoms with Gasteiger partial charge in [-0.1, -0.05) is 66.7 Å². The van der Waals surface area contributed by atoms with Gasteiger partial charge in [-0.05, 0) is 68.8 Å². The summed E-state index contributed by atoms with van der Waals surface area (Å²) in [5.74, 6) is -0.415. The van der Waals surface area contributed by atoms with Crippen LogP contribution in [0.15, 0.2) is 97.1 Å². The van der Waals surface area contributed by atoms with E-state index in [-0.39, 0.29) is 17.9 Å². The molecule has 0 bridgehead atoms.